The van der Waals surface area contributed by atoms with Gasteiger partial charge in [0.25, 0.3) is 0 Å². The second-order valence-electron chi connectivity index (χ2n) is 3.21. The number of para-hydroxylation sites is 1. The van der Waals surface area contributed by atoms with Crippen LogP contribution in [0.4, 0.5) is 10.1 Å². The van der Waals surface area contributed by atoms with E-state index in [9.17, 15) is 4.39 Å². The van der Waals surface area contributed by atoms with Crippen molar-refractivity contribution in [2.24, 2.45) is 0 Å². The number of halogens is 1. The Labute approximate surface area is 96.1 Å². The summed E-state index contributed by atoms with van der Waals surface area (Å²) in [6, 6.07) is 7.75. The molecule has 0 fully saturated rings. The van der Waals surface area contributed by atoms with Crippen LogP contribution in [0.3, 0.4) is 0 Å². The fraction of sp³-hybridized carbons (Fsp3) is 0. The lowest BCUT2D eigenvalue weighted by Gasteiger charge is -2.08. The van der Waals surface area contributed by atoms with Gasteiger partial charge in [0, 0.05) is 0 Å². The van der Waals surface area contributed by atoms with Gasteiger partial charge >= 0.3 is 0 Å². The maximum atomic E-state index is 13.6. The second-order valence-corrected chi connectivity index (χ2v) is 3.21. The van der Waals surface area contributed by atoms with Gasteiger partial charge in [-0.25, -0.2) is 9.37 Å². The van der Waals surface area contributed by atoms with E-state index in [0.29, 0.717) is 0 Å². The number of nitrogen functional groups attached to an aromatic ring is 1. The monoisotopic (exact) mass is 227 g/mol. The van der Waals surface area contributed by atoms with Crippen LogP contribution in [0.5, 0.6) is 0 Å². The summed E-state index contributed by atoms with van der Waals surface area (Å²) >= 11 is 0. The van der Waals surface area contributed by atoms with E-state index in [2.05, 4.69) is 4.98 Å². The van der Waals surface area contributed by atoms with Gasteiger partial charge in [0.05, 0.1) is 5.69 Å². The summed E-state index contributed by atoms with van der Waals surface area (Å²) in [6.45, 7) is 0. The number of aromatic nitrogens is 2. The van der Waals surface area contributed by atoms with E-state index in [1.807, 2.05) is 0 Å². The summed E-state index contributed by atoms with van der Waals surface area (Å²) < 4.78 is 14.8. The first-order valence-electron chi connectivity index (χ1n) is 4.61. The molecule has 0 aliphatic carbocycles. The first-order valence-corrected chi connectivity index (χ1v) is 4.61. The van der Waals surface area contributed by atoms with E-state index >= 15 is 0 Å². The maximum Gasteiger partial charge on any atom is 0.177 e. The molecule has 1 aromatic heterocycles. The van der Waals surface area contributed by atoms with Crippen molar-refractivity contribution in [1.29, 1.82) is 10.5 Å². The summed E-state index contributed by atoms with van der Waals surface area (Å²) in [7, 11) is 0. The van der Waals surface area contributed by atoms with Crippen LogP contribution < -0.4 is 5.73 Å². The second kappa shape index (κ2) is 3.95. The molecule has 2 N–H and O–H groups in total. The van der Waals surface area contributed by atoms with E-state index in [1.54, 1.807) is 12.1 Å². The van der Waals surface area contributed by atoms with Gasteiger partial charge in [-0.15, -0.1) is 0 Å². The molecular weight excluding hydrogens is 221 g/mol. The van der Waals surface area contributed by atoms with Crippen LogP contribution in [0.2, 0.25) is 0 Å². The molecule has 1 heterocycles. The highest BCUT2D eigenvalue weighted by molar-refractivity contribution is 5.60. The molecular formula is C11H6FN5. The highest BCUT2D eigenvalue weighted by Crippen LogP contribution is 2.23. The number of anilines is 1. The SMILES string of the molecule is N#Cc1ncn(-c2c(N)cccc2F)c1C#N. The van der Waals surface area contributed by atoms with Gasteiger partial charge in [-0.05, 0) is 12.1 Å². The number of hydrogen-bond donors (Lipinski definition) is 1. The van der Waals surface area contributed by atoms with Crippen LogP contribution >= 0.6 is 0 Å². The average molecular weight is 227 g/mol. The molecule has 0 atom stereocenters. The number of nitriles is 2. The average Bonchev–Trinajstić information content (AvgIpc) is 2.71. The molecule has 0 aliphatic heterocycles. The standard InChI is InChI=1S/C11H6FN5/c12-7-2-1-3-8(15)11(7)17-6-16-9(4-13)10(17)5-14/h1-3,6H,15H2. The van der Waals surface area contributed by atoms with Gasteiger partial charge in [0.15, 0.2) is 11.4 Å². The predicted molar refractivity (Wildman–Crippen MR) is 57.4 cm³/mol. The number of nitrogens with two attached hydrogens (primary N) is 1. The van der Waals surface area contributed by atoms with Crippen LogP contribution in [-0.2, 0) is 0 Å². The number of imidazole rings is 1. The van der Waals surface area contributed by atoms with E-state index in [0.717, 1.165) is 0 Å². The fourth-order valence-electron chi connectivity index (χ4n) is 1.49. The Morgan fingerprint density at radius 2 is 2.06 bits per heavy atom. The van der Waals surface area contributed by atoms with Crippen molar-refractivity contribution in [1.82, 2.24) is 9.55 Å². The van der Waals surface area contributed by atoms with Gasteiger partial charge in [-0.1, -0.05) is 6.07 Å². The van der Waals surface area contributed by atoms with E-state index in [-0.39, 0.29) is 22.8 Å². The Balaban J connectivity index is 2.75. The zero-order valence-corrected chi connectivity index (χ0v) is 8.55. The van der Waals surface area contributed by atoms with Crippen molar-refractivity contribution in [2.75, 3.05) is 5.73 Å². The number of benzene rings is 1. The van der Waals surface area contributed by atoms with E-state index in [1.165, 1.54) is 29.1 Å². The lowest BCUT2D eigenvalue weighted by Crippen LogP contribution is -2.04. The van der Waals surface area contributed by atoms with Crippen molar-refractivity contribution in [2.45, 2.75) is 0 Å². The van der Waals surface area contributed by atoms with Crippen molar-refractivity contribution >= 4 is 5.69 Å². The minimum atomic E-state index is -0.580. The zero-order valence-electron chi connectivity index (χ0n) is 8.55. The largest absolute Gasteiger partial charge is 0.397 e. The van der Waals surface area contributed by atoms with Crippen LogP contribution in [0.25, 0.3) is 5.69 Å². The molecule has 17 heavy (non-hydrogen) atoms. The lowest BCUT2D eigenvalue weighted by molar-refractivity contribution is 0.618. The normalized spacial score (nSPS) is 9.59. The van der Waals surface area contributed by atoms with Crippen molar-refractivity contribution < 1.29 is 4.39 Å². The van der Waals surface area contributed by atoms with E-state index in [4.69, 9.17) is 16.3 Å². The summed E-state index contributed by atoms with van der Waals surface area (Å²) in [5.41, 5.74) is 5.74. The molecule has 0 amide bonds. The molecule has 0 aliphatic rings. The minimum absolute atomic E-state index is 0.0260. The molecule has 6 heteroatoms. The van der Waals surface area contributed by atoms with Gasteiger partial charge in [0.2, 0.25) is 0 Å². The Morgan fingerprint density at radius 3 is 2.65 bits per heavy atom. The van der Waals surface area contributed by atoms with Crippen molar-refractivity contribution in [3.63, 3.8) is 0 Å². The van der Waals surface area contributed by atoms with Crippen LogP contribution in [0.15, 0.2) is 24.5 Å². The van der Waals surface area contributed by atoms with Crippen LogP contribution in [0, 0.1) is 28.5 Å². The van der Waals surface area contributed by atoms with Crippen molar-refractivity contribution in [3.8, 4) is 17.8 Å². The molecule has 0 radical (unpaired) electrons. The van der Waals surface area contributed by atoms with Crippen LogP contribution in [0.1, 0.15) is 11.4 Å². The minimum Gasteiger partial charge on any atom is -0.397 e. The molecule has 5 nitrogen and oxygen atoms in total. The first kappa shape index (κ1) is 10.7. The predicted octanol–water partition coefficient (Wildman–Crippen LogP) is 1.34. The third-order valence-electron chi connectivity index (χ3n) is 2.24. The summed E-state index contributed by atoms with van der Waals surface area (Å²) in [6.07, 6.45) is 1.20. The number of nitrogens with zero attached hydrogens (tertiary/aromatic N) is 4. The van der Waals surface area contributed by atoms with Gasteiger partial charge in [-0.2, -0.15) is 10.5 Å². The molecule has 82 valence electrons. The topological polar surface area (TPSA) is 91.4 Å². The molecule has 0 spiro atoms. The van der Waals surface area contributed by atoms with Gasteiger partial charge < -0.3 is 5.73 Å². The number of hydrogen-bond acceptors (Lipinski definition) is 4. The smallest absolute Gasteiger partial charge is 0.177 e. The highest BCUT2D eigenvalue weighted by Gasteiger charge is 2.16. The van der Waals surface area contributed by atoms with Crippen molar-refractivity contribution in [3.05, 3.63) is 41.7 Å². The molecule has 0 bridgehead atoms. The highest BCUT2D eigenvalue weighted by atomic mass is 19.1. The van der Waals surface area contributed by atoms with Gasteiger partial charge in [0.1, 0.15) is 30.0 Å². The summed E-state index contributed by atoms with van der Waals surface area (Å²) in [5, 5.41) is 17.7. The molecule has 2 rings (SSSR count). The fourth-order valence-corrected chi connectivity index (χ4v) is 1.49. The lowest BCUT2D eigenvalue weighted by atomic mass is 10.2. The van der Waals surface area contributed by atoms with Crippen LogP contribution in [-0.4, -0.2) is 9.55 Å². The Hall–Kier alpha value is -2.86. The third-order valence-corrected chi connectivity index (χ3v) is 2.24. The third kappa shape index (κ3) is 1.58. The first-order chi connectivity index (χ1) is 8.19. The Bertz CT molecular complexity index is 639. The molecule has 0 saturated heterocycles. The van der Waals surface area contributed by atoms with Gasteiger partial charge in [-0.3, -0.25) is 4.57 Å². The molecule has 1 aromatic carbocycles. The molecule has 0 saturated carbocycles. The van der Waals surface area contributed by atoms with E-state index < -0.39 is 5.82 Å². The molecule has 2 aromatic rings. The quantitative estimate of drug-likeness (QED) is 0.744. The molecule has 0 unspecified atom stereocenters. The maximum absolute atomic E-state index is 13.6. The Morgan fingerprint density at radius 1 is 1.29 bits per heavy atom. The zero-order chi connectivity index (χ0) is 12.4. The summed E-state index contributed by atoms with van der Waals surface area (Å²) in [5.74, 6) is -0.580. The number of rotatable bonds is 1. The summed E-state index contributed by atoms with van der Waals surface area (Å²) in [4.78, 5) is 3.72. The Kier molecular flexibility index (Phi) is 2.48.